The summed E-state index contributed by atoms with van der Waals surface area (Å²) in [6, 6.07) is 2.52. The fourth-order valence-corrected chi connectivity index (χ4v) is 2.46. The van der Waals surface area contributed by atoms with Crippen LogP contribution in [0.15, 0.2) is 12.1 Å². The van der Waals surface area contributed by atoms with Gasteiger partial charge in [-0.1, -0.05) is 13.8 Å². The minimum absolute atomic E-state index is 0.144. The van der Waals surface area contributed by atoms with Gasteiger partial charge in [0, 0.05) is 19.7 Å². The largest absolute Gasteiger partial charge is 0.493 e. The van der Waals surface area contributed by atoms with E-state index in [1.54, 1.807) is 26.2 Å². The molecule has 1 aromatic carbocycles. The van der Waals surface area contributed by atoms with E-state index < -0.39 is 6.04 Å². The summed E-state index contributed by atoms with van der Waals surface area (Å²) >= 11 is 0. The van der Waals surface area contributed by atoms with Gasteiger partial charge in [0.1, 0.15) is 6.04 Å². The van der Waals surface area contributed by atoms with E-state index in [1.165, 1.54) is 26.2 Å². The molecule has 2 amide bonds. The third-order valence-corrected chi connectivity index (χ3v) is 3.68. The van der Waals surface area contributed by atoms with Crippen molar-refractivity contribution in [3.63, 3.8) is 0 Å². The molecule has 0 saturated heterocycles. The van der Waals surface area contributed by atoms with Gasteiger partial charge in [-0.3, -0.25) is 9.59 Å². The van der Waals surface area contributed by atoms with E-state index in [1.807, 2.05) is 13.8 Å². The van der Waals surface area contributed by atoms with E-state index in [9.17, 15) is 9.59 Å². The van der Waals surface area contributed by atoms with Gasteiger partial charge >= 0.3 is 0 Å². The first kappa shape index (κ1) is 20.6. The van der Waals surface area contributed by atoms with Crippen LogP contribution in [0.2, 0.25) is 0 Å². The van der Waals surface area contributed by atoms with Crippen molar-refractivity contribution in [2.45, 2.75) is 26.3 Å². The number of carbonyl (C=O) groups is 2. The summed E-state index contributed by atoms with van der Waals surface area (Å²) in [4.78, 5) is 26.5. The maximum absolute atomic E-state index is 12.7. The van der Waals surface area contributed by atoms with Crippen molar-refractivity contribution in [1.82, 2.24) is 10.2 Å². The summed E-state index contributed by atoms with van der Waals surface area (Å²) in [5.41, 5.74) is 0.329. The number of hydrogen-bond donors (Lipinski definition) is 1. The molecular weight excluding hydrogens is 324 g/mol. The lowest BCUT2D eigenvalue weighted by Crippen LogP contribution is -2.46. The summed E-state index contributed by atoms with van der Waals surface area (Å²) in [5.74, 6) is 0.908. The van der Waals surface area contributed by atoms with Crippen molar-refractivity contribution in [2.75, 3.05) is 35.4 Å². The molecule has 0 aliphatic rings. The van der Waals surface area contributed by atoms with Gasteiger partial charge in [-0.15, -0.1) is 0 Å². The number of likely N-dealkylation sites (N-methyl/N-ethyl adjacent to an activating group) is 1. The first-order valence-electron chi connectivity index (χ1n) is 8.07. The summed E-state index contributed by atoms with van der Waals surface area (Å²) in [6.45, 7) is 4.00. The molecule has 0 radical (unpaired) electrons. The molecule has 0 heterocycles. The zero-order chi connectivity index (χ0) is 19.1. The normalized spacial score (nSPS) is 11.7. The second kappa shape index (κ2) is 9.15. The fraction of sp³-hybridized carbons (Fsp3) is 0.556. The summed E-state index contributed by atoms with van der Waals surface area (Å²) in [7, 11) is 7.79. The quantitative estimate of drug-likeness (QED) is 0.774. The lowest BCUT2D eigenvalue weighted by Gasteiger charge is -2.23. The molecule has 7 nitrogen and oxygen atoms in total. The van der Waals surface area contributed by atoms with Crippen LogP contribution in [0.5, 0.6) is 17.2 Å². The maximum atomic E-state index is 12.7. The molecule has 1 aromatic rings. The highest BCUT2D eigenvalue weighted by molar-refractivity contribution is 5.98. The number of nitrogens with zero attached hydrogens (tertiary/aromatic N) is 1. The molecular formula is C18H28N2O5. The van der Waals surface area contributed by atoms with Crippen molar-refractivity contribution < 1.29 is 23.8 Å². The Labute approximate surface area is 149 Å². The zero-order valence-corrected chi connectivity index (χ0v) is 16.0. The highest BCUT2D eigenvalue weighted by Gasteiger charge is 2.25. The lowest BCUT2D eigenvalue weighted by molar-refractivity contribution is -0.131. The van der Waals surface area contributed by atoms with Crippen molar-refractivity contribution in [2.24, 2.45) is 5.92 Å². The molecule has 0 aliphatic heterocycles. The van der Waals surface area contributed by atoms with E-state index in [-0.39, 0.29) is 17.7 Å². The average Bonchev–Trinajstić information content (AvgIpc) is 2.58. The Bertz CT molecular complexity index is 588. The average molecular weight is 352 g/mol. The molecule has 1 rings (SSSR count). The van der Waals surface area contributed by atoms with Crippen LogP contribution in [0.1, 0.15) is 30.6 Å². The number of benzene rings is 1. The molecule has 1 N–H and O–H groups in total. The maximum Gasteiger partial charge on any atom is 0.252 e. The first-order valence-corrected chi connectivity index (χ1v) is 8.07. The standard InChI is InChI=1S/C18H28N2O5/c1-11(2)8-13(18(22)20(3)4)19-17(21)12-9-14(23-5)16(25-7)15(10-12)24-6/h9-11,13H,8H2,1-7H3,(H,19,21)/t13-/m0/s1. The second-order valence-electron chi connectivity index (χ2n) is 6.30. The molecule has 0 unspecified atom stereocenters. The summed E-state index contributed by atoms with van der Waals surface area (Å²) in [6.07, 6.45) is 0.549. The molecule has 1 atom stereocenters. The predicted molar refractivity (Wildman–Crippen MR) is 95.5 cm³/mol. The molecule has 0 aromatic heterocycles. The Balaban J connectivity index is 3.14. The van der Waals surface area contributed by atoms with Crippen LogP contribution in [0.25, 0.3) is 0 Å². The van der Waals surface area contributed by atoms with Gasteiger partial charge in [0.15, 0.2) is 11.5 Å². The Morgan fingerprint density at radius 2 is 1.56 bits per heavy atom. The van der Waals surface area contributed by atoms with E-state index in [4.69, 9.17) is 14.2 Å². The van der Waals surface area contributed by atoms with Gasteiger partial charge in [-0.2, -0.15) is 0 Å². The van der Waals surface area contributed by atoms with E-state index in [0.29, 0.717) is 29.2 Å². The number of carbonyl (C=O) groups excluding carboxylic acids is 2. The third kappa shape index (κ3) is 5.27. The number of methoxy groups -OCH3 is 3. The number of rotatable bonds is 8. The van der Waals surface area contributed by atoms with Gasteiger partial charge in [-0.05, 0) is 24.5 Å². The topological polar surface area (TPSA) is 77.1 Å². The van der Waals surface area contributed by atoms with E-state index >= 15 is 0 Å². The summed E-state index contributed by atoms with van der Waals surface area (Å²) in [5, 5.41) is 2.80. The third-order valence-electron chi connectivity index (χ3n) is 3.68. The zero-order valence-electron chi connectivity index (χ0n) is 16.0. The minimum Gasteiger partial charge on any atom is -0.493 e. The Morgan fingerprint density at radius 1 is 1.04 bits per heavy atom. The van der Waals surface area contributed by atoms with Gasteiger partial charge in [0.25, 0.3) is 5.91 Å². The van der Waals surface area contributed by atoms with Gasteiger partial charge in [0.05, 0.1) is 21.3 Å². The first-order chi connectivity index (χ1) is 11.7. The van der Waals surface area contributed by atoms with Gasteiger partial charge in [0.2, 0.25) is 11.7 Å². The van der Waals surface area contributed by atoms with Crippen LogP contribution in [0.3, 0.4) is 0 Å². The lowest BCUT2D eigenvalue weighted by atomic mass is 10.0. The Hall–Kier alpha value is -2.44. The summed E-state index contributed by atoms with van der Waals surface area (Å²) < 4.78 is 15.8. The number of amides is 2. The van der Waals surface area contributed by atoms with Crippen LogP contribution in [0.4, 0.5) is 0 Å². The smallest absolute Gasteiger partial charge is 0.252 e. The van der Waals surface area contributed by atoms with Crippen molar-refractivity contribution >= 4 is 11.8 Å². The highest BCUT2D eigenvalue weighted by Crippen LogP contribution is 2.38. The Kier molecular flexibility index (Phi) is 7.54. The predicted octanol–water partition coefficient (Wildman–Crippen LogP) is 1.95. The number of ether oxygens (including phenoxy) is 3. The molecule has 7 heteroatoms. The highest BCUT2D eigenvalue weighted by atomic mass is 16.5. The van der Waals surface area contributed by atoms with Gasteiger partial charge < -0.3 is 24.4 Å². The molecule has 0 saturated carbocycles. The molecule has 0 bridgehead atoms. The molecule has 140 valence electrons. The van der Waals surface area contributed by atoms with E-state index in [0.717, 1.165) is 0 Å². The van der Waals surface area contributed by atoms with Crippen LogP contribution in [-0.2, 0) is 4.79 Å². The van der Waals surface area contributed by atoms with Crippen molar-refractivity contribution in [3.05, 3.63) is 17.7 Å². The monoisotopic (exact) mass is 352 g/mol. The molecule has 0 fully saturated rings. The molecule has 25 heavy (non-hydrogen) atoms. The number of nitrogens with one attached hydrogen (secondary N) is 1. The van der Waals surface area contributed by atoms with Crippen LogP contribution >= 0.6 is 0 Å². The van der Waals surface area contributed by atoms with Crippen molar-refractivity contribution in [1.29, 1.82) is 0 Å². The Morgan fingerprint density at radius 3 is 1.92 bits per heavy atom. The van der Waals surface area contributed by atoms with Crippen LogP contribution < -0.4 is 19.5 Å². The molecule has 0 aliphatic carbocycles. The fourth-order valence-electron chi connectivity index (χ4n) is 2.46. The molecule has 0 spiro atoms. The van der Waals surface area contributed by atoms with Crippen LogP contribution in [-0.4, -0.2) is 58.2 Å². The minimum atomic E-state index is -0.596. The van der Waals surface area contributed by atoms with E-state index in [2.05, 4.69) is 5.32 Å². The second-order valence-corrected chi connectivity index (χ2v) is 6.30. The van der Waals surface area contributed by atoms with Gasteiger partial charge in [-0.25, -0.2) is 0 Å². The van der Waals surface area contributed by atoms with Crippen LogP contribution in [0, 0.1) is 5.92 Å². The SMILES string of the molecule is COc1cc(C(=O)N[C@@H](CC(C)C)C(=O)N(C)C)cc(OC)c1OC. The number of hydrogen-bond acceptors (Lipinski definition) is 5. The van der Waals surface area contributed by atoms with Crippen molar-refractivity contribution in [3.8, 4) is 17.2 Å².